The van der Waals surface area contributed by atoms with Gasteiger partial charge in [0, 0.05) is 11.0 Å². The smallest absolute Gasteiger partial charge is 0.127 e. The average Bonchev–Trinajstić information content (AvgIpc) is 3.05. The van der Waals surface area contributed by atoms with Crippen molar-refractivity contribution in [3.63, 3.8) is 0 Å². The SMILES string of the molecule is Cc1ccc(F)c(C2(C3(N)CC3)CC2)c1. The van der Waals surface area contributed by atoms with Crippen molar-refractivity contribution in [2.75, 3.05) is 0 Å². The lowest BCUT2D eigenvalue weighted by molar-refractivity contribution is 0.473. The molecule has 0 saturated heterocycles. The molecule has 80 valence electrons. The van der Waals surface area contributed by atoms with Crippen molar-refractivity contribution in [2.24, 2.45) is 5.73 Å². The molecule has 0 spiro atoms. The number of rotatable bonds is 2. The van der Waals surface area contributed by atoms with E-state index in [9.17, 15) is 4.39 Å². The minimum absolute atomic E-state index is 0.0247. The summed E-state index contributed by atoms with van der Waals surface area (Å²) in [6.45, 7) is 2.01. The van der Waals surface area contributed by atoms with E-state index in [1.807, 2.05) is 19.1 Å². The molecular weight excluding hydrogens is 189 g/mol. The maximum atomic E-state index is 13.8. The molecule has 3 rings (SSSR count). The average molecular weight is 205 g/mol. The van der Waals surface area contributed by atoms with Crippen LogP contribution in [-0.2, 0) is 5.41 Å². The van der Waals surface area contributed by atoms with E-state index >= 15 is 0 Å². The second-order valence-corrected chi connectivity index (χ2v) is 5.22. The van der Waals surface area contributed by atoms with E-state index in [0.717, 1.165) is 36.8 Å². The Bertz CT molecular complexity index is 417. The van der Waals surface area contributed by atoms with Crippen LogP contribution in [0.4, 0.5) is 4.39 Å². The molecule has 0 aliphatic heterocycles. The second kappa shape index (κ2) is 2.62. The van der Waals surface area contributed by atoms with Gasteiger partial charge in [-0.3, -0.25) is 0 Å². The molecule has 2 aliphatic carbocycles. The molecule has 2 N–H and O–H groups in total. The Morgan fingerprint density at radius 3 is 2.40 bits per heavy atom. The van der Waals surface area contributed by atoms with Gasteiger partial charge in [0.1, 0.15) is 5.82 Å². The summed E-state index contributed by atoms with van der Waals surface area (Å²) in [7, 11) is 0. The lowest BCUT2D eigenvalue weighted by Gasteiger charge is -2.24. The molecule has 2 saturated carbocycles. The lowest BCUT2D eigenvalue weighted by atomic mass is 9.85. The second-order valence-electron chi connectivity index (χ2n) is 5.22. The molecule has 0 unspecified atom stereocenters. The molecule has 2 fully saturated rings. The maximum Gasteiger partial charge on any atom is 0.127 e. The number of hydrogen-bond donors (Lipinski definition) is 1. The van der Waals surface area contributed by atoms with Crippen molar-refractivity contribution in [3.8, 4) is 0 Å². The zero-order chi connectivity index (χ0) is 10.7. The van der Waals surface area contributed by atoms with Gasteiger partial charge < -0.3 is 5.73 Å². The molecule has 0 atom stereocenters. The number of halogens is 1. The fourth-order valence-corrected chi connectivity index (χ4v) is 2.78. The van der Waals surface area contributed by atoms with Crippen molar-refractivity contribution in [2.45, 2.75) is 43.6 Å². The standard InChI is InChI=1S/C13H16FN/c1-9-2-3-11(14)10(8-9)12(4-5-12)13(15)6-7-13/h2-3,8H,4-7,15H2,1H3. The number of hydrogen-bond acceptors (Lipinski definition) is 1. The molecule has 0 heterocycles. The zero-order valence-corrected chi connectivity index (χ0v) is 9.02. The Morgan fingerprint density at radius 2 is 1.87 bits per heavy atom. The molecule has 15 heavy (non-hydrogen) atoms. The van der Waals surface area contributed by atoms with Crippen LogP contribution < -0.4 is 5.73 Å². The van der Waals surface area contributed by atoms with Crippen LogP contribution in [0.15, 0.2) is 18.2 Å². The first kappa shape index (κ1) is 9.34. The largest absolute Gasteiger partial charge is 0.324 e. The molecule has 1 aromatic carbocycles. The summed E-state index contributed by atoms with van der Waals surface area (Å²) in [5.41, 5.74) is 8.14. The van der Waals surface area contributed by atoms with Gasteiger partial charge in [-0.05, 0) is 44.2 Å². The van der Waals surface area contributed by atoms with Gasteiger partial charge in [0.2, 0.25) is 0 Å². The summed E-state index contributed by atoms with van der Waals surface area (Å²) in [5, 5.41) is 0. The normalized spacial score (nSPS) is 25.0. The zero-order valence-electron chi connectivity index (χ0n) is 9.02. The first-order chi connectivity index (χ1) is 7.07. The molecule has 1 nitrogen and oxygen atoms in total. The third-order valence-corrected chi connectivity index (χ3v) is 4.13. The Kier molecular flexibility index (Phi) is 1.63. The molecule has 2 heteroatoms. The predicted molar refractivity (Wildman–Crippen MR) is 58.2 cm³/mol. The summed E-state index contributed by atoms with van der Waals surface area (Å²) in [6, 6.07) is 5.39. The fraction of sp³-hybridized carbons (Fsp3) is 0.538. The van der Waals surface area contributed by atoms with Gasteiger partial charge in [-0.2, -0.15) is 0 Å². The molecule has 2 aliphatic rings. The maximum absolute atomic E-state index is 13.8. The monoisotopic (exact) mass is 205 g/mol. The minimum atomic E-state index is -0.0956. The molecular formula is C13H16FN. The van der Waals surface area contributed by atoms with E-state index in [-0.39, 0.29) is 16.8 Å². The quantitative estimate of drug-likeness (QED) is 0.789. The van der Waals surface area contributed by atoms with Crippen LogP contribution in [-0.4, -0.2) is 5.54 Å². The van der Waals surface area contributed by atoms with Gasteiger partial charge in [-0.1, -0.05) is 17.7 Å². The Hall–Kier alpha value is -0.890. The fourth-order valence-electron chi connectivity index (χ4n) is 2.78. The van der Waals surface area contributed by atoms with E-state index in [1.165, 1.54) is 0 Å². The molecule has 0 aromatic heterocycles. The molecule has 1 aromatic rings. The topological polar surface area (TPSA) is 26.0 Å². The Balaban J connectivity index is 2.09. The van der Waals surface area contributed by atoms with Gasteiger partial charge >= 0.3 is 0 Å². The molecule has 0 bridgehead atoms. The van der Waals surface area contributed by atoms with Crippen molar-refractivity contribution < 1.29 is 4.39 Å². The number of benzene rings is 1. The highest BCUT2D eigenvalue weighted by Crippen LogP contribution is 2.64. The van der Waals surface area contributed by atoms with Gasteiger partial charge in [-0.15, -0.1) is 0 Å². The third kappa shape index (κ3) is 1.18. The first-order valence-corrected chi connectivity index (χ1v) is 5.63. The number of nitrogens with two attached hydrogens (primary N) is 1. The van der Waals surface area contributed by atoms with E-state index in [4.69, 9.17) is 5.73 Å². The van der Waals surface area contributed by atoms with E-state index in [0.29, 0.717) is 0 Å². The van der Waals surface area contributed by atoms with Crippen LogP contribution in [0.3, 0.4) is 0 Å². The van der Waals surface area contributed by atoms with Gasteiger partial charge in [0.25, 0.3) is 0 Å². The summed E-state index contributed by atoms with van der Waals surface area (Å²) < 4.78 is 13.8. The van der Waals surface area contributed by atoms with E-state index in [2.05, 4.69) is 0 Å². The summed E-state index contributed by atoms with van der Waals surface area (Å²) >= 11 is 0. The third-order valence-electron chi connectivity index (χ3n) is 4.13. The van der Waals surface area contributed by atoms with Crippen LogP contribution in [0.5, 0.6) is 0 Å². The van der Waals surface area contributed by atoms with Crippen molar-refractivity contribution in [1.29, 1.82) is 0 Å². The van der Waals surface area contributed by atoms with Gasteiger partial charge in [-0.25, -0.2) is 4.39 Å². The summed E-state index contributed by atoms with van der Waals surface area (Å²) in [5.74, 6) is -0.0742. The van der Waals surface area contributed by atoms with Gasteiger partial charge in [0.15, 0.2) is 0 Å². The highest BCUT2D eigenvalue weighted by atomic mass is 19.1. The highest BCUT2D eigenvalue weighted by Gasteiger charge is 2.64. The highest BCUT2D eigenvalue weighted by molar-refractivity contribution is 5.42. The predicted octanol–water partition coefficient (Wildman–Crippen LogP) is 2.66. The molecule has 0 radical (unpaired) electrons. The van der Waals surface area contributed by atoms with Gasteiger partial charge in [0.05, 0.1) is 0 Å². The van der Waals surface area contributed by atoms with Crippen molar-refractivity contribution in [1.82, 2.24) is 0 Å². The van der Waals surface area contributed by atoms with Crippen molar-refractivity contribution >= 4 is 0 Å². The molecule has 0 amide bonds. The number of aryl methyl sites for hydroxylation is 1. The first-order valence-electron chi connectivity index (χ1n) is 5.63. The van der Waals surface area contributed by atoms with E-state index < -0.39 is 0 Å². The Morgan fingerprint density at radius 1 is 1.20 bits per heavy atom. The van der Waals surface area contributed by atoms with Crippen LogP contribution in [0.1, 0.15) is 36.8 Å². The van der Waals surface area contributed by atoms with Crippen molar-refractivity contribution in [3.05, 3.63) is 35.1 Å². The summed E-state index contributed by atoms with van der Waals surface area (Å²) in [4.78, 5) is 0. The van der Waals surface area contributed by atoms with Crippen LogP contribution >= 0.6 is 0 Å². The van der Waals surface area contributed by atoms with Crippen LogP contribution in [0, 0.1) is 12.7 Å². The van der Waals surface area contributed by atoms with Crippen LogP contribution in [0.2, 0.25) is 0 Å². The minimum Gasteiger partial charge on any atom is -0.324 e. The van der Waals surface area contributed by atoms with Crippen LogP contribution in [0.25, 0.3) is 0 Å². The lowest BCUT2D eigenvalue weighted by Crippen LogP contribution is -2.37. The van der Waals surface area contributed by atoms with E-state index in [1.54, 1.807) is 6.07 Å². The Labute approximate surface area is 89.5 Å². The summed E-state index contributed by atoms with van der Waals surface area (Å²) in [6.07, 6.45) is 4.23.